The van der Waals surface area contributed by atoms with Gasteiger partial charge in [-0.1, -0.05) is 102 Å². The van der Waals surface area contributed by atoms with Gasteiger partial charge in [0.25, 0.3) is 5.91 Å². The van der Waals surface area contributed by atoms with Gasteiger partial charge in [0.1, 0.15) is 30.2 Å². The molecule has 13 unspecified atom stereocenters. The summed E-state index contributed by atoms with van der Waals surface area (Å²) in [6.45, 7) is 29.6. The number of carbonyl (C=O) groups is 11. The monoisotopic (exact) mass is 1300 g/mol. The van der Waals surface area contributed by atoms with Crippen LogP contribution in [0, 0.1) is 53.3 Å². The molecule has 0 aromatic heterocycles. The first-order valence-corrected chi connectivity index (χ1v) is 33.9. The zero-order chi connectivity index (χ0) is 70.8. The normalized spacial score (nSPS) is 27.2. The van der Waals surface area contributed by atoms with Crippen LogP contribution >= 0.6 is 11.8 Å². The maximum atomic E-state index is 15.3. The third-order valence-corrected chi connectivity index (χ3v) is 19.2. The molecule has 22 nitrogen and oxygen atoms in total. The molecule has 0 aromatic carbocycles. The first-order chi connectivity index (χ1) is 41.8. The van der Waals surface area contributed by atoms with E-state index in [1.165, 1.54) is 106 Å². The maximum absolute atomic E-state index is 15.3. The predicted octanol–water partition coefficient (Wildman–Crippen LogP) is 6.23. The van der Waals surface area contributed by atoms with Crippen LogP contribution in [0.25, 0.3) is 0 Å². The summed E-state index contributed by atoms with van der Waals surface area (Å²) in [4.78, 5) is 175. The van der Waals surface area contributed by atoms with E-state index in [0.717, 1.165) is 16.7 Å². The number of rotatable bonds is 18. The second-order valence-corrected chi connectivity index (χ2v) is 29.9. The van der Waals surface area contributed by atoms with Gasteiger partial charge in [0, 0.05) is 98.6 Å². The number of likely N-dealkylation sites (N-methyl/N-ethyl adjacent to an activating group) is 7. The molecule has 0 aromatic rings. The van der Waals surface area contributed by atoms with Gasteiger partial charge in [-0.2, -0.15) is 0 Å². The first kappa shape index (κ1) is 83.8. The zero-order valence-electron chi connectivity index (χ0n) is 60.5. The van der Waals surface area contributed by atoms with Crippen molar-refractivity contribution in [2.24, 2.45) is 53.3 Å². The van der Waals surface area contributed by atoms with E-state index in [4.69, 9.17) is 0 Å². The molecule has 1 aliphatic heterocycles. The van der Waals surface area contributed by atoms with Crippen LogP contribution in [0.1, 0.15) is 175 Å². The number of nitrogens with one attached hydrogen (secondary N) is 1. The van der Waals surface area contributed by atoms with Crippen LogP contribution in [0.2, 0.25) is 0 Å². The van der Waals surface area contributed by atoms with E-state index in [2.05, 4.69) is 5.32 Å². The number of amides is 8. The molecular weight excluding hydrogens is 1180 g/mol. The van der Waals surface area contributed by atoms with Crippen molar-refractivity contribution in [3.8, 4) is 0 Å². The number of carbonyl (C=O) groups excluding carboxylic acids is 11. The van der Waals surface area contributed by atoms with Gasteiger partial charge in [-0.25, -0.2) is 0 Å². The molecule has 3 N–H and O–H groups in total. The number of Topliss-reactive ketones (excluding diaryl/α,β-unsaturated/α-hetero) is 3. The Morgan fingerprint density at radius 1 is 0.560 bits per heavy atom. The van der Waals surface area contributed by atoms with Gasteiger partial charge in [0.2, 0.25) is 41.4 Å². The minimum absolute atomic E-state index is 0.0888. The van der Waals surface area contributed by atoms with Gasteiger partial charge < -0.3 is 54.7 Å². The Bertz CT molecular complexity index is 2500. The number of hydrogen-bond donors (Lipinski definition) is 3. The second kappa shape index (κ2) is 37.6. The van der Waals surface area contributed by atoms with Gasteiger partial charge in [0.15, 0.2) is 22.7 Å². The number of hydrogen-bond acceptors (Lipinski definition) is 15. The van der Waals surface area contributed by atoms with Gasteiger partial charge in [-0.3, -0.25) is 52.7 Å². The molecule has 0 aliphatic carbocycles. The highest BCUT2D eigenvalue weighted by Gasteiger charge is 2.47. The van der Waals surface area contributed by atoms with Crippen molar-refractivity contribution < 1.29 is 63.0 Å². The van der Waals surface area contributed by atoms with Crippen molar-refractivity contribution in [2.45, 2.75) is 235 Å². The highest BCUT2D eigenvalue weighted by Crippen LogP contribution is 2.31. The number of nitrogens with zero attached hydrogens (tertiary/aromatic N) is 8. The smallest absolute Gasteiger partial charge is 0.256 e. The van der Waals surface area contributed by atoms with E-state index in [1.807, 2.05) is 54.5 Å². The lowest BCUT2D eigenvalue weighted by molar-refractivity contribution is -0.157. The van der Waals surface area contributed by atoms with E-state index in [-0.39, 0.29) is 62.2 Å². The highest BCUT2D eigenvalue weighted by atomic mass is 32.2. The van der Waals surface area contributed by atoms with Crippen LogP contribution in [0.15, 0.2) is 12.2 Å². The summed E-state index contributed by atoms with van der Waals surface area (Å²) in [5, 5.41) is 25.1. The van der Waals surface area contributed by atoms with Crippen molar-refractivity contribution in [1.29, 1.82) is 0 Å². The molecule has 0 radical (unpaired) electrons. The first-order valence-electron chi connectivity index (χ1n) is 32.9. The third-order valence-electron chi connectivity index (χ3n) is 17.7. The standard InChI is InChI=1S/C68H121N9O13S/c1-27-29-30-44(13)58(81)57-55(80)35-47(28-2)61(84)77(26)67(91-38-70(18)19)66(89)74(23)52(37-68(16,17)90)54(79)36-48(42(9)10)62(85)71(20)49(31-39(3)4)53(78)34-45(14)59(82)69-46(15)60(83)72(21)50(32-40(5)6)63(86)73(22)51(33-41(7)8)64(87)75(24)56(43(11)12)65(88)76(57)25/h27,29,39-52,56-58,67,81,90H,28,30-38H2,1-26H3,(H,69,82)/b29-27+. The minimum Gasteiger partial charge on any atom is -0.390 e. The molecule has 23 heteroatoms. The van der Waals surface area contributed by atoms with Crippen LogP contribution in [0.4, 0.5) is 0 Å². The number of aliphatic hydroxyl groups excluding tert-OH is 1. The maximum Gasteiger partial charge on any atom is 0.256 e. The largest absolute Gasteiger partial charge is 0.390 e. The predicted molar refractivity (Wildman–Crippen MR) is 359 cm³/mol. The van der Waals surface area contributed by atoms with E-state index >= 15 is 28.8 Å². The lowest BCUT2D eigenvalue weighted by Gasteiger charge is -2.41. The number of ketones is 3. The summed E-state index contributed by atoms with van der Waals surface area (Å²) in [5.74, 6) is -11.5. The molecule has 1 saturated heterocycles. The fraction of sp³-hybridized carbons (Fsp3) is 0.809. The average molecular weight is 1300 g/mol. The van der Waals surface area contributed by atoms with E-state index in [1.54, 1.807) is 66.6 Å². The lowest BCUT2D eigenvalue weighted by Crippen LogP contribution is -2.61. The molecule has 0 spiro atoms. The second-order valence-electron chi connectivity index (χ2n) is 28.8. The van der Waals surface area contributed by atoms with Crippen LogP contribution < -0.4 is 5.32 Å². The molecule has 1 rings (SSSR count). The van der Waals surface area contributed by atoms with E-state index < -0.39 is 172 Å². The van der Waals surface area contributed by atoms with Gasteiger partial charge >= 0.3 is 0 Å². The van der Waals surface area contributed by atoms with Crippen molar-refractivity contribution in [3.63, 3.8) is 0 Å². The average Bonchev–Trinajstić information content (AvgIpc) is 0.888. The van der Waals surface area contributed by atoms with Crippen molar-refractivity contribution in [3.05, 3.63) is 12.2 Å². The molecule has 91 heavy (non-hydrogen) atoms. The summed E-state index contributed by atoms with van der Waals surface area (Å²) in [5.41, 5.74) is -1.53. The summed E-state index contributed by atoms with van der Waals surface area (Å²) in [6.07, 6.45) is 1.63. The number of allylic oxidation sites excluding steroid dienone is 2. The highest BCUT2D eigenvalue weighted by molar-refractivity contribution is 8.00. The van der Waals surface area contributed by atoms with Crippen LogP contribution in [-0.4, -0.2) is 243 Å². The molecular formula is C68H121N9O13S. The topological polar surface area (TPSA) is 266 Å². The Hall–Kier alpha value is -5.26. The fourth-order valence-electron chi connectivity index (χ4n) is 11.9. The summed E-state index contributed by atoms with van der Waals surface area (Å²) < 4.78 is 0. The van der Waals surface area contributed by atoms with Crippen molar-refractivity contribution in [1.82, 2.24) is 44.5 Å². The molecule has 0 bridgehead atoms. The lowest BCUT2D eigenvalue weighted by atomic mass is 9.84. The molecule has 0 saturated carbocycles. The molecule has 1 heterocycles. The number of thioether (sulfide) groups is 1. The van der Waals surface area contributed by atoms with Crippen LogP contribution in [0.3, 0.4) is 0 Å². The fourth-order valence-corrected chi connectivity index (χ4v) is 13.0. The SMILES string of the molecule is C/C=C/CC(C)C(O)C1C(=O)CC(CC)C(=O)N(C)C(SCN(C)C)C(=O)N(C)C(CC(C)(C)O)C(=O)CC(C(C)C)C(=O)N(C)C(CC(C)C)C(=O)CC(C)C(=O)NC(C)C(=O)N(C)C(CC(C)C)C(=O)N(C)C(CC(C)C)C(=O)N(C)C(C(C)C)C(=O)N1C. The van der Waals surface area contributed by atoms with Crippen LogP contribution in [0.5, 0.6) is 0 Å². The Kier molecular flexibility index (Phi) is 34.6. The Labute approximate surface area is 551 Å². The molecule has 522 valence electrons. The van der Waals surface area contributed by atoms with Crippen molar-refractivity contribution in [2.75, 3.05) is 69.3 Å². The summed E-state index contributed by atoms with van der Waals surface area (Å²) in [6, 6.07) is -8.63. The Balaban J connectivity index is 4.54. The minimum atomic E-state index is -1.54. The van der Waals surface area contributed by atoms with Gasteiger partial charge in [-0.05, 0) is 109 Å². The summed E-state index contributed by atoms with van der Waals surface area (Å²) in [7, 11) is 13.7. The van der Waals surface area contributed by atoms with E-state index in [9.17, 15) is 34.2 Å². The zero-order valence-corrected chi connectivity index (χ0v) is 61.3. The van der Waals surface area contributed by atoms with Crippen molar-refractivity contribution >= 4 is 76.4 Å². The molecule has 1 aliphatic rings. The van der Waals surface area contributed by atoms with Gasteiger partial charge in [-0.15, -0.1) is 11.8 Å². The Morgan fingerprint density at radius 3 is 1.46 bits per heavy atom. The third kappa shape index (κ3) is 24.2. The van der Waals surface area contributed by atoms with E-state index in [0.29, 0.717) is 6.42 Å². The Morgan fingerprint density at radius 2 is 1.01 bits per heavy atom. The van der Waals surface area contributed by atoms with Crippen LogP contribution in [-0.2, 0) is 52.7 Å². The van der Waals surface area contributed by atoms with Gasteiger partial charge in [0.05, 0.1) is 23.8 Å². The summed E-state index contributed by atoms with van der Waals surface area (Å²) >= 11 is 1.09. The molecule has 8 amide bonds. The molecule has 1 fully saturated rings. The molecule has 13 atom stereocenters. The quantitative estimate of drug-likeness (QED) is 0.101. The number of aliphatic hydroxyl groups is 2.